The molecule has 4 nitrogen and oxygen atoms in total. The van der Waals surface area contributed by atoms with Crippen molar-refractivity contribution in [2.75, 3.05) is 13.1 Å². The molecular formula is C18H28N2O2. The van der Waals surface area contributed by atoms with E-state index in [-0.39, 0.29) is 17.2 Å². The standard InChI is InChI=1S/C18H28N2O2/c1-14-5-7-15(8-6-14)9-10-16(21)19-11-12-20-17(22)13-18(2,3)4/h5-8H,9-13H2,1-4H3,(H,19,21)(H,20,22). The highest BCUT2D eigenvalue weighted by Crippen LogP contribution is 2.17. The van der Waals surface area contributed by atoms with E-state index in [0.717, 1.165) is 6.42 Å². The summed E-state index contributed by atoms with van der Waals surface area (Å²) in [4.78, 5) is 23.4. The summed E-state index contributed by atoms with van der Waals surface area (Å²) in [6.07, 6.45) is 1.70. The topological polar surface area (TPSA) is 58.2 Å². The third kappa shape index (κ3) is 8.45. The molecule has 2 N–H and O–H groups in total. The molecule has 0 radical (unpaired) electrons. The fourth-order valence-corrected chi connectivity index (χ4v) is 2.05. The van der Waals surface area contributed by atoms with Crippen LogP contribution in [0.4, 0.5) is 0 Å². The molecule has 0 spiro atoms. The third-order valence-corrected chi connectivity index (χ3v) is 3.22. The van der Waals surface area contributed by atoms with Crippen molar-refractivity contribution in [2.24, 2.45) is 5.41 Å². The van der Waals surface area contributed by atoms with E-state index in [1.165, 1.54) is 11.1 Å². The summed E-state index contributed by atoms with van der Waals surface area (Å²) >= 11 is 0. The first kappa shape index (κ1) is 18.2. The van der Waals surface area contributed by atoms with Gasteiger partial charge in [0.1, 0.15) is 0 Å². The number of hydrogen-bond donors (Lipinski definition) is 2. The van der Waals surface area contributed by atoms with Crippen molar-refractivity contribution < 1.29 is 9.59 Å². The predicted molar refractivity (Wildman–Crippen MR) is 89.6 cm³/mol. The molecule has 1 aromatic rings. The van der Waals surface area contributed by atoms with Gasteiger partial charge in [0.25, 0.3) is 0 Å². The molecule has 0 aromatic heterocycles. The Morgan fingerprint density at radius 3 is 2.05 bits per heavy atom. The molecule has 22 heavy (non-hydrogen) atoms. The zero-order valence-corrected chi connectivity index (χ0v) is 14.2. The largest absolute Gasteiger partial charge is 0.354 e. The maximum absolute atomic E-state index is 11.7. The maximum atomic E-state index is 11.7. The average molecular weight is 304 g/mol. The molecule has 0 saturated heterocycles. The van der Waals surface area contributed by atoms with Crippen LogP contribution in [0.1, 0.15) is 44.7 Å². The van der Waals surface area contributed by atoms with Gasteiger partial charge in [-0.05, 0) is 24.3 Å². The van der Waals surface area contributed by atoms with Crippen LogP contribution >= 0.6 is 0 Å². The molecule has 0 atom stereocenters. The van der Waals surface area contributed by atoms with Gasteiger partial charge in [-0.15, -0.1) is 0 Å². The van der Waals surface area contributed by atoms with Crippen LogP contribution in [0, 0.1) is 12.3 Å². The first-order chi connectivity index (χ1) is 10.3. The van der Waals surface area contributed by atoms with E-state index >= 15 is 0 Å². The van der Waals surface area contributed by atoms with Crippen LogP contribution in [0.15, 0.2) is 24.3 Å². The van der Waals surface area contributed by atoms with E-state index < -0.39 is 0 Å². The van der Waals surface area contributed by atoms with Gasteiger partial charge in [0, 0.05) is 25.9 Å². The highest BCUT2D eigenvalue weighted by molar-refractivity contribution is 5.77. The van der Waals surface area contributed by atoms with Gasteiger partial charge >= 0.3 is 0 Å². The third-order valence-electron chi connectivity index (χ3n) is 3.22. The van der Waals surface area contributed by atoms with Crippen LogP contribution in [-0.2, 0) is 16.0 Å². The molecule has 1 aromatic carbocycles. The minimum absolute atomic E-state index is 0.0125. The lowest BCUT2D eigenvalue weighted by Crippen LogP contribution is -2.36. The minimum Gasteiger partial charge on any atom is -0.354 e. The number of carbonyl (C=O) groups is 2. The predicted octanol–water partition coefficient (Wildman–Crippen LogP) is 2.60. The normalized spacial score (nSPS) is 11.1. The van der Waals surface area contributed by atoms with Gasteiger partial charge in [0.15, 0.2) is 0 Å². The smallest absolute Gasteiger partial charge is 0.220 e. The van der Waals surface area contributed by atoms with Crippen LogP contribution in [-0.4, -0.2) is 24.9 Å². The molecule has 2 amide bonds. The summed E-state index contributed by atoms with van der Waals surface area (Å²) in [6, 6.07) is 8.21. The Morgan fingerprint density at radius 2 is 1.50 bits per heavy atom. The molecular weight excluding hydrogens is 276 g/mol. The number of nitrogens with one attached hydrogen (secondary N) is 2. The number of benzene rings is 1. The summed E-state index contributed by atoms with van der Waals surface area (Å²) in [5.41, 5.74) is 2.37. The molecule has 0 aliphatic heterocycles. The van der Waals surface area contributed by atoms with Crippen LogP contribution in [0.25, 0.3) is 0 Å². The molecule has 0 aliphatic carbocycles. The molecule has 0 saturated carbocycles. The summed E-state index contributed by atoms with van der Waals surface area (Å²) in [7, 11) is 0. The number of hydrogen-bond acceptors (Lipinski definition) is 2. The lowest BCUT2D eigenvalue weighted by Gasteiger charge is -2.17. The number of amides is 2. The molecule has 1 rings (SSSR count). The number of rotatable bonds is 7. The second-order valence-electron chi connectivity index (χ2n) is 6.92. The van der Waals surface area contributed by atoms with Gasteiger partial charge in [-0.25, -0.2) is 0 Å². The number of carbonyl (C=O) groups excluding carboxylic acids is 2. The van der Waals surface area contributed by atoms with Crippen molar-refractivity contribution in [3.63, 3.8) is 0 Å². The second kappa shape index (κ2) is 8.57. The summed E-state index contributed by atoms with van der Waals surface area (Å²) in [6.45, 7) is 9.08. The Labute approximate surface area is 133 Å². The molecule has 4 heteroatoms. The van der Waals surface area contributed by atoms with Crippen LogP contribution in [0.2, 0.25) is 0 Å². The fraction of sp³-hybridized carbons (Fsp3) is 0.556. The van der Waals surface area contributed by atoms with Crippen molar-refractivity contribution in [2.45, 2.75) is 47.0 Å². The molecule has 0 unspecified atom stereocenters. The Balaban J connectivity index is 2.13. The Kier molecular flexibility index (Phi) is 7.09. The zero-order valence-electron chi connectivity index (χ0n) is 14.2. The highest BCUT2D eigenvalue weighted by atomic mass is 16.2. The molecule has 0 aliphatic rings. The van der Waals surface area contributed by atoms with Gasteiger partial charge in [-0.2, -0.15) is 0 Å². The molecule has 122 valence electrons. The first-order valence-corrected chi connectivity index (χ1v) is 7.85. The minimum atomic E-state index is -0.0125. The summed E-state index contributed by atoms with van der Waals surface area (Å²) in [5.74, 6) is 0.0482. The van der Waals surface area contributed by atoms with E-state index in [1.807, 2.05) is 27.7 Å². The van der Waals surface area contributed by atoms with E-state index in [2.05, 4.69) is 34.9 Å². The lowest BCUT2D eigenvalue weighted by atomic mass is 9.92. The van der Waals surface area contributed by atoms with Crippen molar-refractivity contribution >= 4 is 11.8 Å². The van der Waals surface area contributed by atoms with Crippen molar-refractivity contribution in [3.05, 3.63) is 35.4 Å². The van der Waals surface area contributed by atoms with Gasteiger partial charge in [0.2, 0.25) is 11.8 Å². The lowest BCUT2D eigenvalue weighted by molar-refractivity contribution is -0.124. The van der Waals surface area contributed by atoms with E-state index in [0.29, 0.717) is 25.9 Å². The van der Waals surface area contributed by atoms with E-state index in [1.54, 1.807) is 0 Å². The Hall–Kier alpha value is -1.84. The van der Waals surface area contributed by atoms with Gasteiger partial charge < -0.3 is 10.6 Å². The Bertz CT molecular complexity index is 487. The van der Waals surface area contributed by atoms with Gasteiger partial charge in [0.05, 0.1) is 0 Å². The van der Waals surface area contributed by atoms with Crippen molar-refractivity contribution in [1.29, 1.82) is 0 Å². The van der Waals surface area contributed by atoms with Crippen LogP contribution in [0.3, 0.4) is 0 Å². The SMILES string of the molecule is Cc1ccc(CCC(=O)NCCNC(=O)CC(C)(C)C)cc1. The quantitative estimate of drug-likeness (QED) is 0.761. The second-order valence-corrected chi connectivity index (χ2v) is 6.92. The number of aryl methyl sites for hydroxylation is 2. The monoisotopic (exact) mass is 304 g/mol. The molecule has 0 bridgehead atoms. The van der Waals surface area contributed by atoms with Crippen LogP contribution < -0.4 is 10.6 Å². The average Bonchev–Trinajstić information content (AvgIpc) is 2.41. The zero-order chi connectivity index (χ0) is 16.6. The van der Waals surface area contributed by atoms with E-state index in [4.69, 9.17) is 0 Å². The van der Waals surface area contributed by atoms with Crippen LogP contribution in [0.5, 0.6) is 0 Å². The van der Waals surface area contributed by atoms with Gasteiger partial charge in [-0.3, -0.25) is 9.59 Å². The molecule has 0 heterocycles. The van der Waals surface area contributed by atoms with Crippen molar-refractivity contribution in [3.8, 4) is 0 Å². The van der Waals surface area contributed by atoms with E-state index in [9.17, 15) is 9.59 Å². The fourth-order valence-electron chi connectivity index (χ4n) is 2.05. The summed E-state index contributed by atoms with van der Waals surface area (Å²) in [5, 5.41) is 5.65. The van der Waals surface area contributed by atoms with Gasteiger partial charge in [-0.1, -0.05) is 50.6 Å². The first-order valence-electron chi connectivity index (χ1n) is 7.85. The summed E-state index contributed by atoms with van der Waals surface area (Å²) < 4.78 is 0. The Morgan fingerprint density at radius 1 is 0.955 bits per heavy atom. The highest BCUT2D eigenvalue weighted by Gasteiger charge is 2.15. The molecule has 0 fully saturated rings. The maximum Gasteiger partial charge on any atom is 0.220 e. The van der Waals surface area contributed by atoms with Crippen molar-refractivity contribution in [1.82, 2.24) is 10.6 Å².